The zero-order valence-corrected chi connectivity index (χ0v) is 17.1. The summed E-state index contributed by atoms with van der Waals surface area (Å²) in [4.78, 5) is 25.0. The van der Waals surface area contributed by atoms with E-state index < -0.39 is 29.7 Å². The lowest BCUT2D eigenvalue weighted by atomic mass is 10.2. The van der Waals surface area contributed by atoms with E-state index in [1.165, 1.54) is 10.8 Å². The molecule has 0 saturated carbocycles. The fraction of sp³-hybridized carbons (Fsp3) is 0.158. The van der Waals surface area contributed by atoms with E-state index in [-0.39, 0.29) is 33.4 Å². The lowest BCUT2D eigenvalue weighted by molar-refractivity contribution is 0.140. The van der Waals surface area contributed by atoms with Crippen LogP contribution in [0.5, 0.6) is 0 Å². The Balaban J connectivity index is 1.90. The fourth-order valence-corrected chi connectivity index (χ4v) is 3.42. The summed E-state index contributed by atoms with van der Waals surface area (Å²) in [5.41, 5.74) is 5.30. The van der Waals surface area contributed by atoms with Crippen LogP contribution in [0, 0.1) is 11.3 Å². The Morgan fingerprint density at radius 1 is 1.28 bits per heavy atom. The molecule has 4 aromatic rings. The summed E-state index contributed by atoms with van der Waals surface area (Å²) in [5.74, 6) is -1.02. The number of fused-ring (bicyclic) bond motifs is 1. The Bertz CT molecular complexity index is 1410. The lowest BCUT2D eigenvalue weighted by Gasteiger charge is -2.20. The van der Waals surface area contributed by atoms with Crippen molar-refractivity contribution >= 4 is 34.1 Å². The number of H-pyrrole nitrogens is 1. The Morgan fingerprint density at radius 3 is 2.72 bits per heavy atom. The van der Waals surface area contributed by atoms with Crippen LogP contribution in [0.15, 0.2) is 35.3 Å². The molecule has 10 nitrogen and oxygen atoms in total. The van der Waals surface area contributed by atoms with E-state index in [9.17, 15) is 18.8 Å². The van der Waals surface area contributed by atoms with Gasteiger partial charge in [-0.1, -0.05) is 17.7 Å². The maximum Gasteiger partial charge on any atom is 0.297 e. The fourth-order valence-electron chi connectivity index (χ4n) is 3.17. The average molecular weight is 458 g/mol. The Hall–Kier alpha value is -4.11. The average Bonchev–Trinajstić information content (AvgIpc) is 3.27. The second kappa shape index (κ2) is 8.20. The minimum absolute atomic E-state index is 0.177. The number of nitrogen functional groups attached to an aromatic ring is 1. The standard InChI is InChI=1S/C19H14ClF2N9O/c1-8(26-16-9(7-23)15(24)28-17(29-16)14(21)22)18-27-11-4-2-3-10(20)13(11)19(32)31(18)12-5-6-25-30-12/h2-6,8,14H,1H3,(H,25,30)(H3,24,26,28,29)/t8-/m0/s1. The molecular weight excluding hydrogens is 444 g/mol. The van der Waals surface area contributed by atoms with E-state index >= 15 is 0 Å². The number of aromatic nitrogens is 6. The molecule has 0 saturated heterocycles. The van der Waals surface area contributed by atoms with Crippen LogP contribution in [-0.4, -0.2) is 29.7 Å². The third kappa shape index (κ3) is 3.58. The van der Waals surface area contributed by atoms with Gasteiger partial charge in [0, 0.05) is 12.3 Å². The highest BCUT2D eigenvalue weighted by molar-refractivity contribution is 6.35. The van der Waals surface area contributed by atoms with E-state index in [0.717, 1.165) is 0 Å². The van der Waals surface area contributed by atoms with Crippen LogP contribution < -0.4 is 16.6 Å². The number of rotatable bonds is 5. The number of hydrogen-bond acceptors (Lipinski definition) is 8. The highest BCUT2D eigenvalue weighted by Gasteiger charge is 2.24. The van der Waals surface area contributed by atoms with Crippen LogP contribution in [0.25, 0.3) is 16.7 Å². The van der Waals surface area contributed by atoms with Crippen LogP contribution >= 0.6 is 11.6 Å². The lowest BCUT2D eigenvalue weighted by Crippen LogP contribution is -2.28. The van der Waals surface area contributed by atoms with Crippen LogP contribution in [-0.2, 0) is 0 Å². The van der Waals surface area contributed by atoms with Gasteiger partial charge in [0.2, 0.25) is 0 Å². The number of nitrogens with one attached hydrogen (secondary N) is 2. The summed E-state index contributed by atoms with van der Waals surface area (Å²) < 4.78 is 27.6. The van der Waals surface area contributed by atoms with Crippen molar-refractivity contribution in [1.29, 1.82) is 5.26 Å². The predicted molar refractivity (Wildman–Crippen MR) is 113 cm³/mol. The number of hydrogen-bond donors (Lipinski definition) is 3. The van der Waals surface area contributed by atoms with Crippen LogP contribution in [0.1, 0.15) is 36.6 Å². The van der Waals surface area contributed by atoms with Crippen molar-refractivity contribution in [2.24, 2.45) is 0 Å². The van der Waals surface area contributed by atoms with Crippen molar-refractivity contribution in [1.82, 2.24) is 29.7 Å². The molecule has 4 rings (SSSR count). The molecule has 0 aliphatic carbocycles. The van der Waals surface area contributed by atoms with Crippen molar-refractivity contribution in [2.45, 2.75) is 19.4 Å². The molecule has 1 aromatic carbocycles. The molecular formula is C19H14ClF2N9O. The zero-order chi connectivity index (χ0) is 23.0. The molecule has 0 radical (unpaired) electrons. The van der Waals surface area contributed by atoms with Crippen LogP contribution in [0.4, 0.5) is 20.4 Å². The van der Waals surface area contributed by atoms with E-state index in [1.54, 1.807) is 37.3 Å². The normalized spacial score (nSPS) is 12.1. The van der Waals surface area contributed by atoms with Gasteiger partial charge >= 0.3 is 0 Å². The summed E-state index contributed by atoms with van der Waals surface area (Å²) in [5, 5.41) is 19.3. The summed E-state index contributed by atoms with van der Waals surface area (Å²) >= 11 is 6.23. The largest absolute Gasteiger partial charge is 0.382 e. The number of anilines is 2. The molecule has 4 N–H and O–H groups in total. The van der Waals surface area contributed by atoms with E-state index in [0.29, 0.717) is 5.52 Å². The van der Waals surface area contributed by atoms with Gasteiger partial charge in [-0.2, -0.15) is 10.4 Å². The summed E-state index contributed by atoms with van der Waals surface area (Å²) in [6.07, 6.45) is -1.47. The molecule has 0 aliphatic heterocycles. The summed E-state index contributed by atoms with van der Waals surface area (Å²) in [6, 6.07) is 7.38. The van der Waals surface area contributed by atoms with Crippen LogP contribution in [0.2, 0.25) is 5.02 Å². The van der Waals surface area contributed by atoms with Gasteiger partial charge < -0.3 is 11.1 Å². The quantitative estimate of drug-likeness (QED) is 0.413. The molecule has 3 heterocycles. The number of nitrogens with zero attached hydrogens (tertiary/aromatic N) is 6. The van der Waals surface area contributed by atoms with Gasteiger partial charge in [-0.05, 0) is 19.1 Å². The highest BCUT2D eigenvalue weighted by atomic mass is 35.5. The first-order valence-corrected chi connectivity index (χ1v) is 9.53. The second-order valence-electron chi connectivity index (χ2n) is 6.65. The smallest absolute Gasteiger partial charge is 0.297 e. The van der Waals surface area contributed by atoms with Crippen molar-refractivity contribution in [2.75, 3.05) is 11.1 Å². The number of aromatic amines is 1. The van der Waals surface area contributed by atoms with Gasteiger partial charge in [-0.3, -0.25) is 9.89 Å². The van der Waals surface area contributed by atoms with E-state index in [2.05, 4.69) is 30.5 Å². The Labute approximate surface area is 183 Å². The monoisotopic (exact) mass is 457 g/mol. The third-order valence-electron chi connectivity index (χ3n) is 4.59. The van der Waals surface area contributed by atoms with Gasteiger partial charge in [-0.25, -0.2) is 28.3 Å². The van der Waals surface area contributed by atoms with Gasteiger partial charge in [0.1, 0.15) is 23.3 Å². The number of alkyl halides is 2. The third-order valence-corrected chi connectivity index (χ3v) is 4.90. The molecule has 32 heavy (non-hydrogen) atoms. The summed E-state index contributed by atoms with van der Waals surface area (Å²) in [7, 11) is 0. The Morgan fingerprint density at radius 2 is 2.06 bits per heavy atom. The topological polar surface area (TPSA) is 151 Å². The molecule has 0 aliphatic rings. The van der Waals surface area contributed by atoms with Crippen molar-refractivity contribution in [3.8, 4) is 11.9 Å². The summed E-state index contributed by atoms with van der Waals surface area (Å²) in [6.45, 7) is 1.61. The van der Waals surface area contributed by atoms with E-state index in [1.807, 2.05) is 0 Å². The first kappa shape index (κ1) is 21.1. The van der Waals surface area contributed by atoms with Crippen molar-refractivity contribution in [3.63, 3.8) is 0 Å². The molecule has 0 unspecified atom stereocenters. The number of halogens is 3. The second-order valence-corrected chi connectivity index (χ2v) is 7.05. The first-order valence-electron chi connectivity index (χ1n) is 9.15. The maximum atomic E-state index is 13.3. The van der Waals surface area contributed by atoms with Crippen LogP contribution in [0.3, 0.4) is 0 Å². The molecule has 1 atom stereocenters. The molecule has 3 aromatic heterocycles. The zero-order valence-electron chi connectivity index (χ0n) is 16.3. The molecule has 13 heteroatoms. The molecule has 0 fully saturated rings. The highest BCUT2D eigenvalue weighted by Crippen LogP contribution is 2.27. The van der Waals surface area contributed by atoms with Gasteiger partial charge in [0.25, 0.3) is 12.0 Å². The number of benzene rings is 1. The number of nitrogens with two attached hydrogens (primary N) is 1. The predicted octanol–water partition coefficient (Wildman–Crippen LogP) is 3.12. The Kier molecular flexibility index (Phi) is 5.41. The number of nitriles is 1. The minimum Gasteiger partial charge on any atom is -0.382 e. The molecule has 0 amide bonds. The van der Waals surface area contributed by atoms with Gasteiger partial charge in [0.15, 0.2) is 17.5 Å². The van der Waals surface area contributed by atoms with Crippen molar-refractivity contribution in [3.05, 3.63) is 63.1 Å². The van der Waals surface area contributed by atoms with Gasteiger partial charge in [-0.15, -0.1) is 0 Å². The van der Waals surface area contributed by atoms with E-state index in [4.69, 9.17) is 17.3 Å². The molecule has 0 bridgehead atoms. The maximum absolute atomic E-state index is 13.3. The molecule has 162 valence electrons. The molecule has 0 spiro atoms. The SMILES string of the molecule is C[C@H](Nc1nc(C(F)F)nc(N)c1C#N)c1nc2cccc(Cl)c2c(=O)n1-c1cc[nH]n1. The first-order chi connectivity index (χ1) is 15.3. The van der Waals surface area contributed by atoms with Crippen molar-refractivity contribution < 1.29 is 8.78 Å². The van der Waals surface area contributed by atoms with Gasteiger partial charge in [0.05, 0.1) is 22.0 Å². The minimum atomic E-state index is -3.00.